The van der Waals surface area contributed by atoms with Crippen molar-refractivity contribution in [3.05, 3.63) is 58.9 Å². The van der Waals surface area contributed by atoms with Gasteiger partial charge in [-0.1, -0.05) is 24.3 Å². The molecule has 3 aromatic rings. The molecule has 2 aromatic carbocycles. The number of nitrogens with one attached hydrogen (secondary N) is 3. The van der Waals surface area contributed by atoms with Crippen LogP contribution >= 0.6 is 0 Å². The predicted octanol–water partition coefficient (Wildman–Crippen LogP) is 3.27. The summed E-state index contributed by atoms with van der Waals surface area (Å²) < 4.78 is 13.8. The molecule has 0 saturated carbocycles. The number of aldehydes is 1. The van der Waals surface area contributed by atoms with Crippen molar-refractivity contribution in [3.8, 4) is 11.3 Å². The summed E-state index contributed by atoms with van der Waals surface area (Å²) in [7, 11) is 3.80. The summed E-state index contributed by atoms with van der Waals surface area (Å²) >= 11 is 0. The number of benzene rings is 2. The first-order chi connectivity index (χ1) is 12.2. The smallest absolute Gasteiger partial charge is 0.150 e. The van der Waals surface area contributed by atoms with Crippen LogP contribution in [0.3, 0.4) is 0 Å². The van der Waals surface area contributed by atoms with E-state index in [-0.39, 0.29) is 0 Å². The number of hydrogen-bond acceptors (Lipinski definition) is 3. The van der Waals surface area contributed by atoms with Gasteiger partial charge in [-0.15, -0.1) is 0 Å². The van der Waals surface area contributed by atoms with Crippen molar-refractivity contribution in [3.63, 3.8) is 0 Å². The van der Waals surface area contributed by atoms with Gasteiger partial charge in [0, 0.05) is 28.7 Å². The van der Waals surface area contributed by atoms with E-state index >= 15 is 0 Å². The van der Waals surface area contributed by atoms with Crippen LogP contribution < -0.4 is 10.6 Å². The highest BCUT2D eigenvalue weighted by atomic mass is 19.1. The maximum Gasteiger partial charge on any atom is 0.150 e. The molecule has 0 saturated heterocycles. The van der Waals surface area contributed by atoms with E-state index in [2.05, 4.69) is 39.9 Å². The first-order valence-electron chi connectivity index (χ1n) is 8.35. The van der Waals surface area contributed by atoms with Gasteiger partial charge in [0.2, 0.25) is 0 Å². The first-order valence-corrected chi connectivity index (χ1v) is 8.35. The average Bonchev–Trinajstić information content (AvgIpc) is 2.98. The summed E-state index contributed by atoms with van der Waals surface area (Å²) in [5.41, 5.74) is 5.24. The molecule has 0 bridgehead atoms. The van der Waals surface area contributed by atoms with Gasteiger partial charge in [-0.3, -0.25) is 4.79 Å². The van der Waals surface area contributed by atoms with Crippen molar-refractivity contribution >= 4 is 17.2 Å². The van der Waals surface area contributed by atoms with Crippen molar-refractivity contribution in [1.82, 2.24) is 15.6 Å². The quantitative estimate of drug-likeness (QED) is 0.579. The topological polar surface area (TPSA) is 56.9 Å². The Hall–Kier alpha value is -2.50. The SMILES string of the molecule is CNCCc1c(-c2ccc(CNC)cc2)[nH]c2cc(F)cc(C=O)c12. The second-order valence-corrected chi connectivity index (χ2v) is 6.09. The fourth-order valence-corrected chi connectivity index (χ4v) is 3.23. The Bertz CT molecular complexity index is 884. The minimum absolute atomic E-state index is 0.385. The van der Waals surface area contributed by atoms with Gasteiger partial charge in [0.05, 0.1) is 0 Å². The molecule has 25 heavy (non-hydrogen) atoms. The number of aromatic amines is 1. The molecule has 0 aliphatic rings. The third kappa shape index (κ3) is 3.48. The van der Waals surface area contributed by atoms with E-state index in [1.807, 2.05) is 14.1 Å². The van der Waals surface area contributed by atoms with Crippen LogP contribution in [0.4, 0.5) is 4.39 Å². The van der Waals surface area contributed by atoms with Gasteiger partial charge in [0.25, 0.3) is 0 Å². The predicted molar refractivity (Wildman–Crippen MR) is 99.5 cm³/mol. The Balaban J connectivity index is 2.17. The summed E-state index contributed by atoms with van der Waals surface area (Å²) in [4.78, 5) is 14.8. The van der Waals surface area contributed by atoms with E-state index < -0.39 is 5.82 Å². The molecule has 1 heterocycles. The van der Waals surface area contributed by atoms with Gasteiger partial charge in [0.15, 0.2) is 6.29 Å². The fourth-order valence-electron chi connectivity index (χ4n) is 3.23. The number of aromatic nitrogens is 1. The lowest BCUT2D eigenvalue weighted by Crippen LogP contribution is -2.10. The molecule has 0 atom stereocenters. The lowest BCUT2D eigenvalue weighted by Gasteiger charge is -2.07. The van der Waals surface area contributed by atoms with E-state index in [0.717, 1.165) is 48.0 Å². The summed E-state index contributed by atoms with van der Waals surface area (Å²) in [5, 5.41) is 7.07. The third-order valence-corrected chi connectivity index (χ3v) is 4.37. The van der Waals surface area contributed by atoms with Crippen molar-refractivity contribution in [1.29, 1.82) is 0 Å². The first kappa shape index (κ1) is 17.3. The molecule has 130 valence electrons. The number of carbonyl (C=O) groups excluding carboxylic acids is 1. The molecule has 0 unspecified atom stereocenters. The standard InChI is InChI=1S/C20H22FN3O/c1-22-8-7-17-19-15(12-25)9-16(21)10-18(19)24-20(17)14-5-3-13(4-6-14)11-23-2/h3-6,9-10,12,22-24H,7-8,11H2,1-2H3. The van der Waals surface area contributed by atoms with Gasteiger partial charge < -0.3 is 15.6 Å². The van der Waals surface area contributed by atoms with E-state index in [1.165, 1.54) is 17.7 Å². The van der Waals surface area contributed by atoms with Gasteiger partial charge in [0.1, 0.15) is 5.82 Å². The Labute approximate surface area is 146 Å². The van der Waals surface area contributed by atoms with Crippen LogP contribution in [0.15, 0.2) is 36.4 Å². The Morgan fingerprint density at radius 2 is 1.88 bits per heavy atom. The number of fused-ring (bicyclic) bond motifs is 1. The van der Waals surface area contributed by atoms with Crippen LogP contribution in [0.25, 0.3) is 22.2 Å². The van der Waals surface area contributed by atoms with E-state index in [1.54, 1.807) is 0 Å². The minimum atomic E-state index is -0.410. The molecule has 0 fully saturated rings. The second-order valence-electron chi connectivity index (χ2n) is 6.09. The molecule has 0 spiro atoms. The highest BCUT2D eigenvalue weighted by molar-refractivity contribution is 6.02. The highest BCUT2D eigenvalue weighted by Crippen LogP contribution is 2.33. The number of hydrogen-bond donors (Lipinski definition) is 3. The lowest BCUT2D eigenvalue weighted by atomic mass is 9.99. The van der Waals surface area contributed by atoms with E-state index in [0.29, 0.717) is 11.1 Å². The van der Waals surface area contributed by atoms with Crippen LogP contribution in [-0.2, 0) is 13.0 Å². The van der Waals surface area contributed by atoms with Gasteiger partial charge in [-0.2, -0.15) is 0 Å². The van der Waals surface area contributed by atoms with Crippen molar-refractivity contribution < 1.29 is 9.18 Å². The molecular weight excluding hydrogens is 317 g/mol. The summed E-state index contributed by atoms with van der Waals surface area (Å²) in [6.45, 7) is 1.58. The van der Waals surface area contributed by atoms with Crippen molar-refractivity contribution in [2.45, 2.75) is 13.0 Å². The van der Waals surface area contributed by atoms with Crippen LogP contribution in [0, 0.1) is 5.82 Å². The average molecular weight is 339 g/mol. The fraction of sp³-hybridized carbons (Fsp3) is 0.250. The number of rotatable bonds is 7. The van der Waals surface area contributed by atoms with E-state index in [9.17, 15) is 9.18 Å². The van der Waals surface area contributed by atoms with Crippen LogP contribution in [0.2, 0.25) is 0 Å². The number of halogens is 1. The Morgan fingerprint density at radius 1 is 1.12 bits per heavy atom. The maximum absolute atomic E-state index is 13.8. The molecule has 0 amide bonds. The molecule has 1 aromatic heterocycles. The monoisotopic (exact) mass is 339 g/mol. The molecule has 0 aliphatic carbocycles. The van der Waals surface area contributed by atoms with Crippen molar-refractivity contribution in [2.75, 3.05) is 20.6 Å². The third-order valence-electron chi connectivity index (χ3n) is 4.37. The van der Waals surface area contributed by atoms with E-state index in [4.69, 9.17) is 0 Å². The second kappa shape index (κ2) is 7.59. The normalized spacial score (nSPS) is 11.2. The van der Waals surface area contributed by atoms with Crippen LogP contribution in [0.5, 0.6) is 0 Å². The van der Waals surface area contributed by atoms with Crippen LogP contribution in [0.1, 0.15) is 21.5 Å². The summed E-state index contributed by atoms with van der Waals surface area (Å²) in [5.74, 6) is -0.410. The van der Waals surface area contributed by atoms with Gasteiger partial charge in [-0.05, 0) is 55.9 Å². The number of H-pyrrole nitrogens is 1. The molecule has 3 N–H and O–H groups in total. The minimum Gasteiger partial charge on any atom is -0.354 e. The summed E-state index contributed by atoms with van der Waals surface area (Å²) in [6.07, 6.45) is 1.47. The molecular formula is C20H22FN3O. The van der Waals surface area contributed by atoms with Crippen LogP contribution in [-0.4, -0.2) is 31.9 Å². The number of likely N-dealkylation sites (N-methyl/N-ethyl adjacent to an activating group) is 1. The number of carbonyl (C=O) groups is 1. The zero-order valence-corrected chi connectivity index (χ0v) is 14.4. The Morgan fingerprint density at radius 3 is 2.52 bits per heavy atom. The maximum atomic E-state index is 13.8. The zero-order valence-electron chi connectivity index (χ0n) is 14.4. The van der Waals surface area contributed by atoms with Crippen molar-refractivity contribution in [2.24, 2.45) is 0 Å². The van der Waals surface area contributed by atoms with Gasteiger partial charge >= 0.3 is 0 Å². The lowest BCUT2D eigenvalue weighted by molar-refractivity contribution is 0.112. The largest absolute Gasteiger partial charge is 0.354 e. The molecule has 3 rings (SSSR count). The molecule has 4 nitrogen and oxygen atoms in total. The molecule has 0 aliphatic heterocycles. The molecule has 0 radical (unpaired) electrons. The molecule has 5 heteroatoms. The highest BCUT2D eigenvalue weighted by Gasteiger charge is 2.17. The Kier molecular flexibility index (Phi) is 5.26. The zero-order chi connectivity index (χ0) is 17.8. The van der Waals surface area contributed by atoms with Gasteiger partial charge in [-0.25, -0.2) is 4.39 Å². The summed E-state index contributed by atoms with van der Waals surface area (Å²) in [6, 6.07) is 11.0.